The van der Waals surface area contributed by atoms with Gasteiger partial charge in [0, 0.05) is 17.1 Å². The molecule has 1 atom stereocenters. The van der Waals surface area contributed by atoms with Crippen LogP contribution >= 0.6 is 27.3 Å². The van der Waals surface area contributed by atoms with E-state index in [0.717, 1.165) is 15.0 Å². The number of thiazole rings is 1. The maximum Gasteiger partial charge on any atom is 0.0997 e. The Balaban J connectivity index is 2.47. The molecule has 3 N–H and O–H groups in total. The van der Waals surface area contributed by atoms with Gasteiger partial charge in [0.15, 0.2) is 0 Å². The molecule has 1 unspecified atom stereocenters. The predicted octanol–water partition coefficient (Wildman–Crippen LogP) is 2.24. The second-order valence-electron chi connectivity index (χ2n) is 3.92. The number of aromatic nitrogens is 3. The lowest BCUT2D eigenvalue weighted by Gasteiger charge is -2.18. The topological polar surface area (TPSA) is 68.8 Å². The first-order valence-corrected chi connectivity index (χ1v) is 6.89. The summed E-state index contributed by atoms with van der Waals surface area (Å²) in [5, 5.41) is 4.35. The zero-order valence-corrected chi connectivity index (χ0v) is 12.0. The third-order valence-corrected chi connectivity index (χ3v) is 3.90. The van der Waals surface area contributed by atoms with Crippen LogP contribution in [-0.2, 0) is 0 Å². The molecule has 0 saturated heterocycles. The number of nitrogens with zero attached hydrogens (tertiary/aromatic N) is 3. The Morgan fingerprint density at radius 3 is 2.76 bits per heavy atom. The molecule has 0 amide bonds. The van der Waals surface area contributed by atoms with Gasteiger partial charge in [0.25, 0.3) is 0 Å². The summed E-state index contributed by atoms with van der Waals surface area (Å²) in [5.74, 6) is 5.66. The van der Waals surface area contributed by atoms with Crippen molar-refractivity contribution in [3.63, 3.8) is 0 Å². The molecule has 5 nitrogen and oxygen atoms in total. The lowest BCUT2D eigenvalue weighted by molar-refractivity contribution is 0.477. The van der Waals surface area contributed by atoms with E-state index < -0.39 is 0 Å². The Hall–Kier alpha value is -0.760. The first kappa shape index (κ1) is 12.7. The maximum absolute atomic E-state index is 5.66. The average Bonchev–Trinajstić information content (AvgIpc) is 2.91. The minimum absolute atomic E-state index is 0.0956. The third-order valence-electron chi connectivity index (χ3n) is 2.45. The van der Waals surface area contributed by atoms with Crippen LogP contribution in [0.15, 0.2) is 22.4 Å². The van der Waals surface area contributed by atoms with Crippen LogP contribution in [0.25, 0.3) is 0 Å². The standard InChI is InChI=1S/C10H14BrN5S/c1-6(2)16-10(7(11)3-14-16)9(15-12)8-4-13-5-17-8/h3-6,9,15H,12H2,1-2H3. The summed E-state index contributed by atoms with van der Waals surface area (Å²) in [6.45, 7) is 4.17. The normalized spacial score (nSPS) is 13.2. The largest absolute Gasteiger partial charge is 0.270 e. The lowest BCUT2D eigenvalue weighted by Crippen LogP contribution is -2.30. The van der Waals surface area contributed by atoms with Gasteiger partial charge < -0.3 is 0 Å². The zero-order chi connectivity index (χ0) is 12.4. The van der Waals surface area contributed by atoms with Crippen molar-refractivity contribution >= 4 is 27.3 Å². The molecular weight excluding hydrogens is 302 g/mol. The smallest absolute Gasteiger partial charge is 0.0997 e. The molecule has 0 saturated carbocycles. The van der Waals surface area contributed by atoms with Crippen molar-refractivity contribution in [2.24, 2.45) is 5.84 Å². The van der Waals surface area contributed by atoms with Gasteiger partial charge in [-0.15, -0.1) is 11.3 Å². The van der Waals surface area contributed by atoms with Crippen LogP contribution in [0.4, 0.5) is 0 Å². The highest BCUT2D eigenvalue weighted by molar-refractivity contribution is 9.10. The average molecular weight is 316 g/mol. The summed E-state index contributed by atoms with van der Waals surface area (Å²) >= 11 is 5.09. The number of halogens is 1. The van der Waals surface area contributed by atoms with Crippen LogP contribution < -0.4 is 11.3 Å². The van der Waals surface area contributed by atoms with Gasteiger partial charge in [0.2, 0.25) is 0 Å². The quantitative estimate of drug-likeness (QED) is 0.670. The number of nitrogens with one attached hydrogen (secondary N) is 1. The van der Waals surface area contributed by atoms with Crippen LogP contribution in [0.1, 0.15) is 36.5 Å². The molecule has 2 heterocycles. The van der Waals surface area contributed by atoms with Crippen molar-refractivity contribution in [3.8, 4) is 0 Å². The summed E-state index contributed by atoms with van der Waals surface area (Å²) in [6, 6.07) is 0.182. The van der Waals surface area contributed by atoms with E-state index in [0.29, 0.717) is 0 Å². The highest BCUT2D eigenvalue weighted by Crippen LogP contribution is 2.31. The molecule has 0 aliphatic heterocycles. The van der Waals surface area contributed by atoms with Gasteiger partial charge in [-0.05, 0) is 29.8 Å². The SMILES string of the molecule is CC(C)n1ncc(Br)c1C(NN)c1cncs1. The number of hydrogen-bond acceptors (Lipinski definition) is 5. The molecule has 0 aliphatic carbocycles. The van der Waals surface area contributed by atoms with Gasteiger partial charge in [0.05, 0.1) is 27.9 Å². The van der Waals surface area contributed by atoms with Crippen LogP contribution in [0.3, 0.4) is 0 Å². The molecule has 0 aromatic carbocycles. The first-order valence-electron chi connectivity index (χ1n) is 5.22. The molecule has 0 radical (unpaired) electrons. The number of hydrazine groups is 1. The molecule has 7 heteroatoms. The Kier molecular flexibility index (Phi) is 3.93. The molecule has 0 aliphatic rings. The van der Waals surface area contributed by atoms with E-state index in [-0.39, 0.29) is 12.1 Å². The Bertz CT molecular complexity index is 479. The first-order chi connectivity index (χ1) is 8.15. The zero-order valence-electron chi connectivity index (χ0n) is 9.59. The molecule has 0 bridgehead atoms. The van der Waals surface area contributed by atoms with Gasteiger partial charge in [-0.1, -0.05) is 0 Å². The van der Waals surface area contributed by atoms with Crippen LogP contribution in [-0.4, -0.2) is 14.8 Å². The van der Waals surface area contributed by atoms with Crippen LogP contribution in [0.5, 0.6) is 0 Å². The Morgan fingerprint density at radius 1 is 1.47 bits per heavy atom. The van der Waals surface area contributed by atoms with E-state index in [9.17, 15) is 0 Å². The van der Waals surface area contributed by atoms with Crippen molar-refractivity contribution in [3.05, 3.63) is 32.9 Å². The van der Waals surface area contributed by atoms with E-state index in [1.165, 1.54) is 0 Å². The van der Waals surface area contributed by atoms with E-state index in [2.05, 4.69) is 45.3 Å². The Morgan fingerprint density at radius 2 is 2.24 bits per heavy atom. The molecule has 2 rings (SSSR count). The van der Waals surface area contributed by atoms with Gasteiger partial charge in [0.1, 0.15) is 0 Å². The fraction of sp³-hybridized carbons (Fsp3) is 0.400. The Labute approximate surface area is 112 Å². The van der Waals surface area contributed by atoms with Crippen molar-refractivity contribution in [1.82, 2.24) is 20.2 Å². The summed E-state index contributed by atoms with van der Waals surface area (Å²) in [5.41, 5.74) is 5.64. The van der Waals surface area contributed by atoms with Gasteiger partial charge in [-0.3, -0.25) is 15.5 Å². The second-order valence-corrected chi connectivity index (χ2v) is 5.69. The minimum Gasteiger partial charge on any atom is -0.270 e. The highest BCUT2D eigenvalue weighted by Gasteiger charge is 2.23. The van der Waals surface area contributed by atoms with E-state index in [1.807, 2.05) is 10.9 Å². The van der Waals surface area contributed by atoms with Crippen molar-refractivity contribution in [1.29, 1.82) is 0 Å². The lowest BCUT2D eigenvalue weighted by atomic mass is 10.2. The minimum atomic E-state index is -0.0956. The summed E-state index contributed by atoms with van der Waals surface area (Å²) < 4.78 is 2.90. The highest BCUT2D eigenvalue weighted by atomic mass is 79.9. The third kappa shape index (κ3) is 2.42. The van der Waals surface area contributed by atoms with Crippen LogP contribution in [0.2, 0.25) is 0 Å². The molecule has 92 valence electrons. The summed E-state index contributed by atoms with van der Waals surface area (Å²) in [4.78, 5) is 5.15. The molecule has 0 spiro atoms. The molecule has 2 aromatic heterocycles. The summed E-state index contributed by atoms with van der Waals surface area (Å²) in [6.07, 6.45) is 3.61. The monoisotopic (exact) mass is 315 g/mol. The molecule has 0 fully saturated rings. The fourth-order valence-corrected chi connectivity index (χ4v) is 2.88. The van der Waals surface area contributed by atoms with Crippen molar-refractivity contribution in [2.45, 2.75) is 25.9 Å². The van der Waals surface area contributed by atoms with Gasteiger partial charge in [-0.25, -0.2) is 5.43 Å². The molecule has 2 aromatic rings. The molecule has 17 heavy (non-hydrogen) atoms. The van der Waals surface area contributed by atoms with Crippen molar-refractivity contribution in [2.75, 3.05) is 0 Å². The number of nitrogens with two attached hydrogens (primary N) is 1. The van der Waals surface area contributed by atoms with Gasteiger partial charge in [-0.2, -0.15) is 5.10 Å². The van der Waals surface area contributed by atoms with E-state index in [1.54, 1.807) is 23.0 Å². The van der Waals surface area contributed by atoms with E-state index in [4.69, 9.17) is 5.84 Å². The fourth-order valence-electron chi connectivity index (χ4n) is 1.70. The number of rotatable bonds is 4. The van der Waals surface area contributed by atoms with Crippen molar-refractivity contribution < 1.29 is 0 Å². The van der Waals surface area contributed by atoms with E-state index >= 15 is 0 Å². The molecular formula is C10H14BrN5S. The maximum atomic E-state index is 5.66. The second kappa shape index (κ2) is 5.26. The number of hydrogen-bond donors (Lipinski definition) is 2. The van der Waals surface area contributed by atoms with Gasteiger partial charge >= 0.3 is 0 Å². The summed E-state index contributed by atoms with van der Waals surface area (Å²) in [7, 11) is 0. The van der Waals surface area contributed by atoms with Crippen LogP contribution in [0, 0.1) is 0 Å². The predicted molar refractivity (Wildman–Crippen MR) is 71.6 cm³/mol.